The summed E-state index contributed by atoms with van der Waals surface area (Å²) in [5, 5.41) is 9.68. The highest BCUT2D eigenvalue weighted by molar-refractivity contribution is 7.80. The van der Waals surface area contributed by atoms with Crippen LogP contribution in [-0.2, 0) is 4.79 Å². The lowest BCUT2D eigenvalue weighted by atomic mass is 9.94. The highest BCUT2D eigenvalue weighted by Gasteiger charge is 2.30. The zero-order valence-electron chi connectivity index (χ0n) is 17.5. The molecule has 1 aliphatic heterocycles. The van der Waals surface area contributed by atoms with E-state index < -0.39 is 6.04 Å². The molecule has 1 amide bonds. The normalized spacial score (nSPS) is 15.8. The average Bonchev–Trinajstić information content (AvgIpc) is 2.74. The Bertz CT molecular complexity index is 944. The number of anilines is 1. The molecule has 1 unspecified atom stereocenters. The second-order valence-electron chi connectivity index (χ2n) is 7.00. The fraction of sp³-hybridized carbons (Fsp3) is 0.304. The van der Waals surface area contributed by atoms with Gasteiger partial charge in [0.1, 0.15) is 0 Å². The standard InChI is InChI=1S/C23H27N3O3S/c1-4-5-13-29-18-12-11-16(14-19(18)28-3)21-20(15(2)24-23(30)26-21)22(27)25-17-9-7-6-8-10-17/h6-12,14,21H,4-5,13H2,1-3H3,(H,25,27)(H2,24,26,30). The maximum Gasteiger partial charge on any atom is 0.255 e. The first kappa shape index (κ1) is 21.6. The third-order valence-electron chi connectivity index (χ3n) is 4.82. The SMILES string of the molecule is CCCCOc1ccc(C2NC(=S)NC(C)=C2C(=O)Nc2ccccc2)cc1OC. The molecular weight excluding hydrogens is 398 g/mol. The van der Waals surface area contributed by atoms with Crippen molar-refractivity contribution in [1.29, 1.82) is 0 Å². The maximum absolute atomic E-state index is 13.1. The number of ether oxygens (including phenoxy) is 2. The highest BCUT2D eigenvalue weighted by Crippen LogP contribution is 2.34. The minimum atomic E-state index is -0.416. The van der Waals surface area contributed by atoms with Crippen LogP contribution in [0.4, 0.5) is 5.69 Å². The van der Waals surface area contributed by atoms with Crippen LogP contribution in [-0.4, -0.2) is 24.7 Å². The van der Waals surface area contributed by atoms with Gasteiger partial charge < -0.3 is 25.4 Å². The Balaban J connectivity index is 1.90. The summed E-state index contributed by atoms with van der Waals surface area (Å²) < 4.78 is 11.4. The van der Waals surface area contributed by atoms with Gasteiger partial charge in [0, 0.05) is 11.4 Å². The van der Waals surface area contributed by atoms with Crippen molar-refractivity contribution in [3.8, 4) is 11.5 Å². The van der Waals surface area contributed by atoms with Gasteiger partial charge in [-0.1, -0.05) is 37.6 Å². The molecule has 0 spiro atoms. The smallest absolute Gasteiger partial charge is 0.255 e. The molecule has 30 heavy (non-hydrogen) atoms. The minimum Gasteiger partial charge on any atom is -0.493 e. The van der Waals surface area contributed by atoms with Crippen LogP contribution in [0.25, 0.3) is 0 Å². The Morgan fingerprint density at radius 3 is 2.63 bits per heavy atom. The zero-order chi connectivity index (χ0) is 21.5. The fourth-order valence-electron chi connectivity index (χ4n) is 3.27. The molecule has 0 aliphatic carbocycles. The predicted molar refractivity (Wildman–Crippen MR) is 123 cm³/mol. The molecule has 0 aromatic heterocycles. The number of unbranched alkanes of at least 4 members (excludes halogenated alkanes) is 1. The molecule has 1 heterocycles. The van der Waals surface area contributed by atoms with E-state index in [1.54, 1.807) is 7.11 Å². The van der Waals surface area contributed by atoms with E-state index in [0.717, 1.165) is 24.1 Å². The van der Waals surface area contributed by atoms with E-state index >= 15 is 0 Å². The quantitative estimate of drug-likeness (QED) is 0.433. The topological polar surface area (TPSA) is 71.6 Å². The first-order valence-electron chi connectivity index (χ1n) is 9.99. The molecular formula is C23H27N3O3S. The van der Waals surface area contributed by atoms with Gasteiger partial charge in [-0.15, -0.1) is 0 Å². The van der Waals surface area contributed by atoms with Crippen LogP contribution in [0.15, 0.2) is 59.8 Å². The summed E-state index contributed by atoms with van der Waals surface area (Å²) in [6.07, 6.45) is 2.03. The van der Waals surface area contributed by atoms with E-state index in [4.69, 9.17) is 21.7 Å². The summed E-state index contributed by atoms with van der Waals surface area (Å²) in [5.74, 6) is 1.10. The maximum atomic E-state index is 13.1. The van der Waals surface area contributed by atoms with Crippen molar-refractivity contribution in [3.05, 3.63) is 65.4 Å². The number of rotatable bonds is 8. The number of allylic oxidation sites excluding steroid dienone is 1. The van der Waals surface area contributed by atoms with Crippen molar-refractivity contribution in [2.24, 2.45) is 0 Å². The van der Waals surface area contributed by atoms with E-state index in [9.17, 15) is 4.79 Å². The Kier molecular flexibility index (Phi) is 7.30. The van der Waals surface area contributed by atoms with Crippen LogP contribution in [0, 0.1) is 0 Å². The molecule has 0 bridgehead atoms. The van der Waals surface area contributed by atoms with Gasteiger partial charge in [0.25, 0.3) is 5.91 Å². The van der Waals surface area contributed by atoms with Crippen LogP contribution in [0.2, 0.25) is 0 Å². The minimum absolute atomic E-state index is 0.201. The second-order valence-corrected chi connectivity index (χ2v) is 7.41. The molecule has 3 N–H and O–H groups in total. The average molecular weight is 426 g/mol. The van der Waals surface area contributed by atoms with Gasteiger partial charge in [-0.2, -0.15) is 0 Å². The Morgan fingerprint density at radius 1 is 1.17 bits per heavy atom. The summed E-state index contributed by atoms with van der Waals surface area (Å²) in [6.45, 7) is 4.59. The molecule has 0 fully saturated rings. The summed E-state index contributed by atoms with van der Waals surface area (Å²) in [4.78, 5) is 13.1. The van der Waals surface area contributed by atoms with E-state index in [-0.39, 0.29) is 5.91 Å². The monoisotopic (exact) mass is 425 g/mol. The van der Waals surface area contributed by atoms with Gasteiger partial charge in [-0.05, 0) is 55.4 Å². The van der Waals surface area contributed by atoms with Gasteiger partial charge in [0.05, 0.1) is 25.3 Å². The Labute approximate surface area is 182 Å². The van der Waals surface area contributed by atoms with Crippen LogP contribution in [0.5, 0.6) is 11.5 Å². The van der Waals surface area contributed by atoms with Crippen LogP contribution in [0.3, 0.4) is 0 Å². The fourth-order valence-corrected chi connectivity index (χ4v) is 3.55. The lowest BCUT2D eigenvalue weighted by Gasteiger charge is -2.30. The van der Waals surface area contributed by atoms with Gasteiger partial charge in [-0.25, -0.2) is 0 Å². The summed E-state index contributed by atoms with van der Waals surface area (Å²) in [7, 11) is 1.61. The van der Waals surface area contributed by atoms with Crippen LogP contribution in [0.1, 0.15) is 38.3 Å². The third-order valence-corrected chi connectivity index (χ3v) is 5.04. The summed E-state index contributed by atoms with van der Waals surface area (Å²) in [5.41, 5.74) is 2.86. The van der Waals surface area contributed by atoms with E-state index in [1.807, 2.05) is 55.5 Å². The second kappa shape index (κ2) is 10.1. The van der Waals surface area contributed by atoms with Gasteiger partial charge in [0.15, 0.2) is 16.6 Å². The number of methoxy groups -OCH3 is 1. The molecule has 2 aromatic carbocycles. The number of hydrogen-bond donors (Lipinski definition) is 3. The molecule has 1 aliphatic rings. The lowest BCUT2D eigenvalue weighted by Crippen LogP contribution is -2.45. The number of carbonyl (C=O) groups excluding carboxylic acids is 1. The largest absolute Gasteiger partial charge is 0.493 e. The molecule has 6 nitrogen and oxygen atoms in total. The summed E-state index contributed by atoms with van der Waals surface area (Å²) >= 11 is 5.34. The molecule has 3 rings (SSSR count). The van der Waals surface area contributed by atoms with E-state index in [1.165, 1.54) is 0 Å². The number of hydrogen-bond acceptors (Lipinski definition) is 4. The zero-order valence-corrected chi connectivity index (χ0v) is 18.3. The number of carbonyl (C=O) groups is 1. The molecule has 158 valence electrons. The number of amides is 1. The van der Waals surface area contributed by atoms with Crippen molar-refractivity contribution >= 4 is 28.9 Å². The molecule has 0 saturated carbocycles. The highest BCUT2D eigenvalue weighted by atomic mass is 32.1. The Hall–Kier alpha value is -3.06. The lowest BCUT2D eigenvalue weighted by molar-refractivity contribution is -0.113. The molecule has 7 heteroatoms. The van der Waals surface area contributed by atoms with E-state index in [0.29, 0.717) is 34.5 Å². The van der Waals surface area contributed by atoms with Gasteiger partial charge >= 0.3 is 0 Å². The molecule has 1 atom stereocenters. The molecule has 0 saturated heterocycles. The van der Waals surface area contributed by atoms with Crippen LogP contribution < -0.4 is 25.4 Å². The van der Waals surface area contributed by atoms with Crippen molar-refractivity contribution < 1.29 is 14.3 Å². The van der Waals surface area contributed by atoms with Crippen molar-refractivity contribution in [2.45, 2.75) is 32.7 Å². The van der Waals surface area contributed by atoms with Gasteiger partial charge in [-0.3, -0.25) is 4.79 Å². The van der Waals surface area contributed by atoms with Crippen molar-refractivity contribution in [2.75, 3.05) is 19.0 Å². The predicted octanol–water partition coefficient (Wildman–Crippen LogP) is 4.31. The van der Waals surface area contributed by atoms with Crippen molar-refractivity contribution in [3.63, 3.8) is 0 Å². The number of para-hydroxylation sites is 1. The first-order valence-corrected chi connectivity index (χ1v) is 10.4. The first-order chi connectivity index (χ1) is 14.5. The molecule has 2 aromatic rings. The van der Waals surface area contributed by atoms with E-state index in [2.05, 4.69) is 22.9 Å². The Morgan fingerprint density at radius 2 is 1.93 bits per heavy atom. The van der Waals surface area contributed by atoms with Crippen LogP contribution >= 0.6 is 12.2 Å². The number of benzene rings is 2. The number of nitrogens with one attached hydrogen (secondary N) is 3. The summed E-state index contributed by atoms with van der Waals surface area (Å²) in [6, 6.07) is 14.6. The van der Waals surface area contributed by atoms with Crippen molar-refractivity contribution in [1.82, 2.24) is 10.6 Å². The third kappa shape index (κ3) is 5.10. The van der Waals surface area contributed by atoms with Gasteiger partial charge in [0.2, 0.25) is 0 Å². The number of thiocarbonyl (C=S) groups is 1. The molecule has 0 radical (unpaired) electrons.